The molecule has 0 unspecified atom stereocenters. The van der Waals surface area contributed by atoms with Gasteiger partial charge in [0.2, 0.25) is 0 Å². The third kappa shape index (κ3) is 4.18. The molecule has 1 aliphatic carbocycles. The van der Waals surface area contributed by atoms with Gasteiger partial charge in [-0.05, 0) is 86.3 Å². The van der Waals surface area contributed by atoms with Gasteiger partial charge >= 0.3 is 5.97 Å². The van der Waals surface area contributed by atoms with Crippen molar-refractivity contribution in [2.24, 2.45) is 5.41 Å². The van der Waals surface area contributed by atoms with Crippen LogP contribution >= 0.6 is 0 Å². The third-order valence-corrected chi connectivity index (χ3v) is 6.27. The highest BCUT2D eigenvalue weighted by atomic mass is 16.5. The first-order valence-electron chi connectivity index (χ1n) is 11.1. The lowest BCUT2D eigenvalue weighted by atomic mass is 9.73. The molecule has 0 saturated heterocycles. The zero-order chi connectivity index (χ0) is 22.3. The molecule has 30 heavy (non-hydrogen) atoms. The summed E-state index contributed by atoms with van der Waals surface area (Å²) in [7, 11) is 0. The second kappa shape index (κ2) is 7.85. The fourth-order valence-electron chi connectivity index (χ4n) is 4.77. The lowest BCUT2D eigenvalue weighted by Crippen LogP contribution is -2.45. The van der Waals surface area contributed by atoms with Crippen molar-refractivity contribution in [1.29, 1.82) is 0 Å². The molecule has 0 aliphatic heterocycles. The zero-order valence-corrected chi connectivity index (χ0v) is 19.6. The minimum Gasteiger partial charge on any atom is -0.479 e. The van der Waals surface area contributed by atoms with Gasteiger partial charge in [-0.2, -0.15) is 0 Å². The fourth-order valence-corrected chi connectivity index (χ4v) is 4.77. The molecule has 2 aromatic rings. The fraction of sp³-hybridized carbons (Fsp3) is 0.519. The third-order valence-electron chi connectivity index (χ3n) is 6.27. The van der Waals surface area contributed by atoms with Crippen LogP contribution in [0, 0.1) is 12.3 Å². The molecule has 0 heterocycles. The van der Waals surface area contributed by atoms with E-state index in [4.69, 9.17) is 4.74 Å². The molecule has 1 N–H and O–H groups in total. The average Bonchev–Trinajstić information content (AvgIpc) is 2.64. The lowest BCUT2D eigenvalue weighted by Gasteiger charge is -2.39. The van der Waals surface area contributed by atoms with Gasteiger partial charge in [0.05, 0.1) is 5.60 Å². The van der Waals surface area contributed by atoms with Crippen LogP contribution in [0.1, 0.15) is 83.9 Å². The van der Waals surface area contributed by atoms with Crippen molar-refractivity contribution in [3.63, 3.8) is 0 Å². The summed E-state index contributed by atoms with van der Waals surface area (Å²) in [5.41, 5.74) is 2.40. The number of hydrogen-bond donors (Lipinski definition) is 1. The Bertz CT molecular complexity index is 991. The quantitative estimate of drug-likeness (QED) is 0.567. The maximum Gasteiger partial charge on any atom is 0.340 e. The molecule has 2 aromatic carbocycles. The summed E-state index contributed by atoms with van der Waals surface area (Å²) in [5.74, 6) is -0.920. The summed E-state index contributed by atoms with van der Waals surface area (Å²) in [6, 6.07) is 10.4. The van der Waals surface area contributed by atoms with Crippen molar-refractivity contribution < 1.29 is 14.6 Å². The molecule has 0 radical (unpaired) electrons. The number of ether oxygens (including phenoxy) is 1. The number of allylic oxidation sites excluding steroid dienone is 2. The van der Waals surface area contributed by atoms with E-state index in [0.717, 1.165) is 46.7 Å². The molecule has 0 aromatic heterocycles. The molecular weight excluding hydrogens is 372 g/mol. The Morgan fingerprint density at radius 3 is 2.40 bits per heavy atom. The largest absolute Gasteiger partial charge is 0.479 e. The van der Waals surface area contributed by atoms with E-state index in [1.54, 1.807) is 0 Å². The van der Waals surface area contributed by atoms with Gasteiger partial charge in [0.25, 0.3) is 0 Å². The zero-order valence-electron chi connectivity index (χ0n) is 19.6. The topological polar surface area (TPSA) is 46.5 Å². The number of fused-ring (bicyclic) bond motifs is 1. The van der Waals surface area contributed by atoms with Crippen LogP contribution in [0.3, 0.4) is 0 Å². The van der Waals surface area contributed by atoms with E-state index < -0.39 is 17.2 Å². The van der Waals surface area contributed by atoms with E-state index in [1.807, 2.05) is 46.8 Å². The van der Waals surface area contributed by atoms with Crippen LogP contribution in [0.2, 0.25) is 0 Å². The smallest absolute Gasteiger partial charge is 0.340 e. The lowest BCUT2D eigenvalue weighted by molar-refractivity contribution is -0.188. The first-order valence-corrected chi connectivity index (χ1v) is 11.1. The molecule has 1 aliphatic rings. The Morgan fingerprint density at radius 2 is 1.87 bits per heavy atom. The molecule has 0 bridgehead atoms. The van der Waals surface area contributed by atoms with Gasteiger partial charge in [-0.3, -0.25) is 0 Å². The van der Waals surface area contributed by atoms with E-state index in [-0.39, 0.29) is 5.41 Å². The Morgan fingerprint density at radius 1 is 1.20 bits per heavy atom. The monoisotopic (exact) mass is 408 g/mol. The van der Waals surface area contributed by atoms with Crippen LogP contribution in [-0.2, 0) is 15.1 Å². The van der Waals surface area contributed by atoms with E-state index in [0.29, 0.717) is 6.42 Å². The van der Waals surface area contributed by atoms with E-state index >= 15 is 0 Å². The van der Waals surface area contributed by atoms with Crippen molar-refractivity contribution in [1.82, 2.24) is 0 Å². The Kier molecular flexibility index (Phi) is 5.90. The normalized spacial score (nSPS) is 18.7. The molecule has 3 heteroatoms. The van der Waals surface area contributed by atoms with Crippen molar-refractivity contribution >= 4 is 22.3 Å². The molecule has 0 amide bonds. The van der Waals surface area contributed by atoms with Crippen LogP contribution in [0.4, 0.5) is 0 Å². The van der Waals surface area contributed by atoms with Gasteiger partial charge in [-0.15, -0.1) is 0 Å². The first-order chi connectivity index (χ1) is 13.9. The minimum absolute atomic E-state index is 0.278. The summed E-state index contributed by atoms with van der Waals surface area (Å²) >= 11 is 0. The summed E-state index contributed by atoms with van der Waals surface area (Å²) in [4.78, 5) is 12.8. The number of rotatable bonds is 5. The highest BCUT2D eigenvalue weighted by molar-refractivity contribution is 5.98. The van der Waals surface area contributed by atoms with Gasteiger partial charge in [-0.25, -0.2) is 4.79 Å². The molecule has 3 rings (SSSR count). The van der Waals surface area contributed by atoms with Gasteiger partial charge in [0.1, 0.15) is 0 Å². The minimum atomic E-state index is -1.39. The highest BCUT2D eigenvalue weighted by Gasteiger charge is 2.46. The number of carbonyl (C=O) groups is 1. The standard InChI is InChI=1S/C27H36O3/c1-8-27(24(28)29,30-25(3,4)5)23-18(2)17-20-11-9-10-12-21(20)22(23)19-13-15-26(6,7)16-14-19/h9-13,17H,8,14-16H2,1-7H3,(H,28,29)/t27-/m0/s1. The first kappa shape index (κ1) is 22.6. The molecule has 162 valence electrons. The Balaban J connectivity index is 2.40. The predicted molar refractivity (Wildman–Crippen MR) is 125 cm³/mol. The Hall–Kier alpha value is -2.13. The van der Waals surface area contributed by atoms with Crippen molar-refractivity contribution in [3.8, 4) is 0 Å². The van der Waals surface area contributed by atoms with Crippen LogP contribution in [-0.4, -0.2) is 16.7 Å². The number of carboxylic acid groups (broad SMARTS) is 1. The van der Waals surface area contributed by atoms with Crippen molar-refractivity contribution in [2.75, 3.05) is 0 Å². The second-order valence-electron chi connectivity index (χ2n) is 10.5. The molecule has 3 nitrogen and oxygen atoms in total. The van der Waals surface area contributed by atoms with Crippen LogP contribution in [0.5, 0.6) is 0 Å². The van der Waals surface area contributed by atoms with Crippen LogP contribution in [0.15, 0.2) is 36.4 Å². The Labute approximate surface area is 181 Å². The predicted octanol–water partition coefficient (Wildman–Crippen LogP) is 7.25. The molecule has 0 spiro atoms. The summed E-state index contributed by atoms with van der Waals surface area (Å²) in [6.07, 6.45) is 5.73. The summed E-state index contributed by atoms with van der Waals surface area (Å²) < 4.78 is 6.40. The SMILES string of the molecule is CC[C@@](OC(C)(C)C)(C(=O)O)c1c(C)cc2ccccc2c1C1=CCC(C)(C)CC1. The number of carboxylic acids is 1. The number of benzene rings is 2. The molecule has 1 atom stereocenters. The van der Waals surface area contributed by atoms with Crippen LogP contribution < -0.4 is 0 Å². The molecule has 0 fully saturated rings. The van der Waals surface area contributed by atoms with Crippen LogP contribution in [0.25, 0.3) is 16.3 Å². The van der Waals surface area contributed by atoms with Gasteiger partial charge in [0.15, 0.2) is 5.60 Å². The average molecular weight is 409 g/mol. The maximum absolute atomic E-state index is 12.8. The number of aliphatic carboxylic acids is 1. The van der Waals surface area contributed by atoms with E-state index in [2.05, 4.69) is 38.1 Å². The molecule has 0 saturated carbocycles. The highest BCUT2D eigenvalue weighted by Crippen LogP contribution is 2.47. The maximum atomic E-state index is 12.8. The van der Waals surface area contributed by atoms with E-state index in [1.165, 1.54) is 5.57 Å². The molecular formula is C27H36O3. The number of aryl methyl sites for hydroxylation is 1. The van der Waals surface area contributed by atoms with Gasteiger partial charge in [-0.1, -0.05) is 57.2 Å². The summed E-state index contributed by atoms with van der Waals surface area (Å²) in [5, 5.41) is 12.8. The van der Waals surface area contributed by atoms with Gasteiger partial charge in [0, 0.05) is 5.56 Å². The summed E-state index contributed by atoms with van der Waals surface area (Å²) in [6.45, 7) is 14.3. The van der Waals surface area contributed by atoms with E-state index in [9.17, 15) is 9.90 Å². The second-order valence-corrected chi connectivity index (χ2v) is 10.5. The van der Waals surface area contributed by atoms with Gasteiger partial charge < -0.3 is 9.84 Å². The van der Waals surface area contributed by atoms with Crippen molar-refractivity contribution in [2.45, 2.75) is 85.4 Å². The number of hydrogen-bond acceptors (Lipinski definition) is 2. The van der Waals surface area contributed by atoms with Crippen molar-refractivity contribution in [3.05, 3.63) is 53.1 Å².